The summed E-state index contributed by atoms with van der Waals surface area (Å²) >= 11 is 0. The standard InChI is InChI=1S/C20H29N5O2/c1-13(2)14(3)21-19(26)17-15-9-6-7-11-24(15)18(22-17)16-10-8-12-25(16)20(27)23(4)5/h6-7,9,11,13-14,16H,8,10,12H2,1-5H3,(H,21,26)/t14-,16-/m0/s1. The molecule has 3 rings (SSSR count). The van der Waals surface area contributed by atoms with E-state index in [0.29, 0.717) is 18.2 Å². The molecule has 1 aliphatic rings. The first-order valence-electron chi connectivity index (χ1n) is 9.57. The lowest BCUT2D eigenvalue weighted by molar-refractivity contribution is 0.0927. The fourth-order valence-corrected chi connectivity index (χ4v) is 3.43. The van der Waals surface area contributed by atoms with Gasteiger partial charge in [0.25, 0.3) is 5.91 Å². The summed E-state index contributed by atoms with van der Waals surface area (Å²) in [6.07, 6.45) is 3.69. The van der Waals surface area contributed by atoms with Gasteiger partial charge in [0.05, 0.1) is 11.6 Å². The summed E-state index contributed by atoms with van der Waals surface area (Å²) in [4.78, 5) is 33.6. The molecule has 0 saturated carbocycles. The Morgan fingerprint density at radius 1 is 1.26 bits per heavy atom. The van der Waals surface area contributed by atoms with Crippen LogP contribution in [0.15, 0.2) is 24.4 Å². The molecule has 1 N–H and O–H groups in total. The Morgan fingerprint density at radius 3 is 2.67 bits per heavy atom. The van der Waals surface area contributed by atoms with Crippen molar-refractivity contribution in [3.8, 4) is 0 Å². The number of likely N-dealkylation sites (tertiary alicyclic amines) is 1. The van der Waals surface area contributed by atoms with Crippen LogP contribution < -0.4 is 5.32 Å². The number of amides is 3. The van der Waals surface area contributed by atoms with Gasteiger partial charge in [-0.15, -0.1) is 0 Å². The average molecular weight is 371 g/mol. The van der Waals surface area contributed by atoms with E-state index in [2.05, 4.69) is 19.2 Å². The van der Waals surface area contributed by atoms with Gasteiger partial charge >= 0.3 is 6.03 Å². The van der Waals surface area contributed by atoms with E-state index in [1.807, 2.05) is 40.6 Å². The molecule has 146 valence electrons. The van der Waals surface area contributed by atoms with Gasteiger partial charge in [-0.1, -0.05) is 19.9 Å². The lowest BCUT2D eigenvalue weighted by atomic mass is 10.1. The van der Waals surface area contributed by atoms with Crippen molar-refractivity contribution in [3.05, 3.63) is 35.9 Å². The minimum absolute atomic E-state index is 0.0235. The zero-order chi connectivity index (χ0) is 19.7. The monoisotopic (exact) mass is 371 g/mol. The van der Waals surface area contributed by atoms with Gasteiger partial charge in [0.1, 0.15) is 5.82 Å². The van der Waals surface area contributed by atoms with Gasteiger partial charge in [-0.2, -0.15) is 0 Å². The number of pyridine rings is 1. The van der Waals surface area contributed by atoms with Gasteiger partial charge in [0.2, 0.25) is 0 Å². The molecule has 2 atom stereocenters. The molecule has 0 unspecified atom stereocenters. The van der Waals surface area contributed by atoms with Gasteiger partial charge in [0.15, 0.2) is 5.69 Å². The van der Waals surface area contributed by atoms with Crippen LogP contribution in [0, 0.1) is 5.92 Å². The molecule has 0 radical (unpaired) electrons. The molecular formula is C20H29N5O2. The van der Waals surface area contributed by atoms with E-state index >= 15 is 0 Å². The van der Waals surface area contributed by atoms with Crippen LogP contribution in [0.5, 0.6) is 0 Å². The SMILES string of the molecule is CC(C)[C@H](C)NC(=O)c1nc([C@@H]2CCCN2C(=O)N(C)C)n2ccccc12. The second kappa shape index (κ2) is 7.58. The Balaban J connectivity index is 2.00. The van der Waals surface area contributed by atoms with E-state index in [0.717, 1.165) is 24.2 Å². The van der Waals surface area contributed by atoms with Gasteiger partial charge in [-0.05, 0) is 37.8 Å². The number of rotatable bonds is 4. The van der Waals surface area contributed by atoms with Crippen LogP contribution in [0.3, 0.4) is 0 Å². The number of imidazole rings is 1. The van der Waals surface area contributed by atoms with E-state index in [4.69, 9.17) is 4.98 Å². The van der Waals surface area contributed by atoms with Crippen molar-refractivity contribution in [2.24, 2.45) is 5.92 Å². The third kappa shape index (κ3) is 3.63. The molecule has 7 heteroatoms. The Labute approximate surface area is 160 Å². The van der Waals surface area contributed by atoms with Crippen LogP contribution in [0.2, 0.25) is 0 Å². The van der Waals surface area contributed by atoms with Crippen LogP contribution in [0.25, 0.3) is 5.52 Å². The summed E-state index contributed by atoms with van der Waals surface area (Å²) < 4.78 is 1.95. The highest BCUT2D eigenvalue weighted by Crippen LogP contribution is 2.33. The van der Waals surface area contributed by atoms with E-state index in [1.54, 1.807) is 19.0 Å². The summed E-state index contributed by atoms with van der Waals surface area (Å²) in [5.41, 5.74) is 1.19. The van der Waals surface area contributed by atoms with Gasteiger partial charge in [-0.25, -0.2) is 9.78 Å². The number of nitrogens with zero attached hydrogens (tertiary/aromatic N) is 4. The zero-order valence-electron chi connectivity index (χ0n) is 16.8. The van der Waals surface area contributed by atoms with E-state index in [1.165, 1.54) is 0 Å². The molecule has 1 saturated heterocycles. The maximum atomic E-state index is 12.8. The van der Waals surface area contributed by atoms with Gasteiger partial charge < -0.3 is 19.5 Å². The van der Waals surface area contributed by atoms with E-state index in [9.17, 15) is 9.59 Å². The molecule has 1 fully saturated rings. The predicted octanol–water partition coefficient (Wildman–Crippen LogP) is 2.93. The Morgan fingerprint density at radius 2 is 2.00 bits per heavy atom. The molecule has 27 heavy (non-hydrogen) atoms. The number of nitrogens with one attached hydrogen (secondary N) is 1. The molecule has 2 aromatic rings. The molecule has 7 nitrogen and oxygen atoms in total. The van der Waals surface area contributed by atoms with Crippen LogP contribution >= 0.6 is 0 Å². The molecule has 2 aromatic heterocycles. The quantitative estimate of drug-likeness (QED) is 0.898. The second-order valence-electron chi connectivity index (χ2n) is 7.81. The van der Waals surface area contributed by atoms with Gasteiger partial charge in [-0.3, -0.25) is 4.79 Å². The lowest BCUT2D eigenvalue weighted by Gasteiger charge is -2.27. The lowest BCUT2D eigenvalue weighted by Crippen LogP contribution is -2.39. The van der Waals surface area contributed by atoms with Crippen molar-refractivity contribution in [3.63, 3.8) is 0 Å². The first-order valence-corrected chi connectivity index (χ1v) is 9.57. The largest absolute Gasteiger partial charge is 0.348 e. The third-order valence-electron chi connectivity index (χ3n) is 5.33. The van der Waals surface area contributed by atoms with Crippen molar-refractivity contribution < 1.29 is 9.59 Å². The van der Waals surface area contributed by atoms with Crippen molar-refractivity contribution >= 4 is 17.5 Å². The van der Waals surface area contributed by atoms with Crippen molar-refractivity contribution in [2.75, 3.05) is 20.6 Å². The maximum absolute atomic E-state index is 12.8. The van der Waals surface area contributed by atoms with Crippen molar-refractivity contribution in [2.45, 2.75) is 45.7 Å². The predicted molar refractivity (Wildman–Crippen MR) is 105 cm³/mol. The number of carbonyl (C=O) groups is 2. The summed E-state index contributed by atoms with van der Waals surface area (Å²) in [7, 11) is 3.52. The van der Waals surface area contributed by atoms with E-state index < -0.39 is 0 Å². The van der Waals surface area contributed by atoms with Crippen LogP contribution in [0.4, 0.5) is 4.79 Å². The summed E-state index contributed by atoms with van der Waals surface area (Å²) in [6.45, 7) is 6.85. The summed E-state index contributed by atoms with van der Waals surface area (Å²) in [5, 5.41) is 3.04. The first kappa shape index (κ1) is 19.2. The van der Waals surface area contributed by atoms with Crippen LogP contribution in [-0.4, -0.2) is 57.8 Å². The fraction of sp³-hybridized carbons (Fsp3) is 0.550. The topological polar surface area (TPSA) is 70.0 Å². The highest BCUT2D eigenvalue weighted by atomic mass is 16.2. The smallest absolute Gasteiger partial charge is 0.320 e. The minimum Gasteiger partial charge on any atom is -0.348 e. The number of aromatic nitrogens is 2. The van der Waals surface area contributed by atoms with Crippen molar-refractivity contribution in [1.29, 1.82) is 0 Å². The number of urea groups is 1. The fourth-order valence-electron chi connectivity index (χ4n) is 3.43. The van der Waals surface area contributed by atoms with E-state index in [-0.39, 0.29) is 24.0 Å². The molecule has 3 amide bonds. The third-order valence-corrected chi connectivity index (χ3v) is 5.33. The van der Waals surface area contributed by atoms with Crippen LogP contribution in [0.1, 0.15) is 56.0 Å². The first-order chi connectivity index (χ1) is 12.8. The number of hydrogen-bond acceptors (Lipinski definition) is 3. The maximum Gasteiger partial charge on any atom is 0.320 e. The highest BCUT2D eigenvalue weighted by Gasteiger charge is 2.35. The average Bonchev–Trinajstić information content (AvgIpc) is 3.25. The Bertz CT molecular complexity index is 842. The molecule has 1 aliphatic heterocycles. The van der Waals surface area contributed by atoms with Gasteiger partial charge in [0, 0.05) is 32.9 Å². The zero-order valence-corrected chi connectivity index (χ0v) is 16.8. The summed E-state index contributed by atoms with van der Waals surface area (Å²) in [6, 6.07) is 5.63. The van der Waals surface area contributed by atoms with Crippen molar-refractivity contribution in [1.82, 2.24) is 24.5 Å². The molecule has 0 aromatic carbocycles. The number of hydrogen-bond donors (Lipinski definition) is 1. The molecule has 3 heterocycles. The molecule has 0 aliphatic carbocycles. The molecular weight excluding hydrogens is 342 g/mol. The highest BCUT2D eigenvalue weighted by molar-refractivity contribution is 5.99. The second-order valence-corrected chi connectivity index (χ2v) is 7.81. The normalized spacial score (nSPS) is 18.1. The summed E-state index contributed by atoms with van der Waals surface area (Å²) in [5.74, 6) is 0.917. The number of carbonyl (C=O) groups excluding carboxylic acids is 2. The Kier molecular flexibility index (Phi) is 5.39. The van der Waals surface area contributed by atoms with Crippen LogP contribution in [-0.2, 0) is 0 Å². The minimum atomic E-state index is -0.172. The molecule has 0 bridgehead atoms. The Hall–Kier alpha value is -2.57. The molecule has 0 spiro atoms. The number of fused-ring (bicyclic) bond motifs is 1.